The van der Waals surface area contributed by atoms with E-state index in [1.807, 2.05) is 36.4 Å². The molecule has 0 spiro atoms. The predicted octanol–water partition coefficient (Wildman–Crippen LogP) is 5.00. The van der Waals surface area contributed by atoms with Gasteiger partial charge < -0.3 is 19.5 Å². The molecule has 0 bridgehead atoms. The number of nitrogens with zero attached hydrogens (tertiary/aromatic N) is 2. The van der Waals surface area contributed by atoms with E-state index in [4.69, 9.17) is 14.2 Å². The standard InChI is InChI=1S/C23H19N3O4/c1-28-21-12-18-19(13-22(21)29-2)24-11-9-20(18)30-17-7-5-16(6-8-17)26-23-15(14-27)4-3-10-25-23/h3-14H,1-2H3,(H,25,26). The van der Waals surface area contributed by atoms with Crippen molar-refractivity contribution in [3.8, 4) is 23.0 Å². The zero-order valence-electron chi connectivity index (χ0n) is 16.5. The van der Waals surface area contributed by atoms with E-state index in [0.717, 1.165) is 22.9 Å². The first-order valence-electron chi connectivity index (χ1n) is 9.17. The van der Waals surface area contributed by atoms with Crippen molar-refractivity contribution in [3.63, 3.8) is 0 Å². The Morgan fingerprint density at radius 3 is 2.37 bits per heavy atom. The van der Waals surface area contributed by atoms with Crippen molar-refractivity contribution >= 4 is 28.7 Å². The summed E-state index contributed by atoms with van der Waals surface area (Å²) in [5, 5.41) is 3.94. The molecule has 0 aliphatic rings. The van der Waals surface area contributed by atoms with E-state index < -0.39 is 0 Å². The minimum Gasteiger partial charge on any atom is -0.493 e. The molecule has 0 saturated carbocycles. The fraction of sp³-hybridized carbons (Fsp3) is 0.0870. The number of carbonyl (C=O) groups is 1. The van der Waals surface area contributed by atoms with Gasteiger partial charge in [-0.1, -0.05) is 0 Å². The van der Waals surface area contributed by atoms with E-state index in [2.05, 4.69) is 15.3 Å². The highest BCUT2D eigenvalue weighted by Gasteiger charge is 2.11. The van der Waals surface area contributed by atoms with Gasteiger partial charge in [0.05, 0.1) is 25.3 Å². The molecule has 0 radical (unpaired) electrons. The van der Waals surface area contributed by atoms with E-state index in [1.54, 1.807) is 44.8 Å². The van der Waals surface area contributed by atoms with Crippen molar-refractivity contribution < 1.29 is 19.0 Å². The zero-order chi connectivity index (χ0) is 20.9. The van der Waals surface area contributed by atoms with Crippen molar-refractivity contribution in [2.45, 2.75) is 0 Å². The first-order valence-corrected chi connectivity index (χ1v) is 9.17. The molecule has 1 N–H and O–H groups in total. The number of rotatable bonds is 7. The van der Waals surface area contributed by atoms with E-state index in [-0.39, 0.29) is 0 Å². The van der Waals surface area contributed by atoms with Gasteiger partial charge >= 0.3 is 0 Å². The summed E-state index contributed by atoms with van der Waals surface area (Å²) in [7, 11) is 3.17. The Morgan fingerprint density at radius 2 is 1.63 bits per heavy atom. The average Bonchev–Trinajstić information content (AvgIpc) is 2.80. The molecule has 4 aromatic rings. The van der Waals surface area contributed by atoms with Crippen LogP contribution in [-0.2, 0) is 0 Å². The van der Waals surface area contributed by atoms with Crippen molar-refractivity contribution in [3.05, 3.63) is 72.6 Å². The molecule has 30 heavy (non-hydrogen) atoms. The normalized spacial score (nSPS) is 10.5. The molecule has 2 heterocycles. The van der Waals surface area contributed by atoms with E-state index in [0.29, 0.717) is 34.4 Å². The number of methoxy groups -OCH3 is 2. The highest BCUT2D eigenvalue weighted by molar-refractivity contribution is 5.88. The van der Waals surface area contributed by atoms with Crippen LogP contribution in [0.4, 0.5) is 11.5 Å². The van der Waals surface area contributed by atoms with Crippen LogP contribution >= 0.6 is 0 Å². The Balaban J connectivity index is 1.59. The summed E-state index contributed by atoms with van der Waals surface area (Å²) < 4.78 is 16.8. The molecular formula is C23H19N3O4. The number of hydrogen-bond acceptors (Lipinski definition) is 7. The number of pyridine rings is 2. The van der Waals surface area contributed by atoms with Gasteiger partial charge in [0.2, 0.25) is 0 Å². The number of anilines is 2. The molecule has 7 heteroatoms. The van der Waals surface area contributed by atoms with E-state index in [1.165, 1.54) is 0 Å². The maximum Gasteiger partial charge on any atom is 0.162 e. The summed E-state index contributed by atoms with van der Waals surface area (Å²) in [6.07, 6.45) is 4.08. The van der Waals surface area contributed by atoms with Crippen LogP contribution < -0.4 is 19.5 Å². The van der Waals surface area contributed by atoms with E-state index in [9.17, 15) is 4.79 Å². The van der Waals surface area contributed by atoms with Crippen molar-refractivity contribution in [2.24, 2.45) is 0 Å². The summed E-state index contributed by atoms with van der Waals surface area (Å²) in [5.41, 5.74) is 2.01. The van der Waals surface area contributed by atoms with Crippen molar-refractivity contribution in [1.29, 1.82) is 0 Å². The maximum absolute atomic E-state index is 11.1. The van der Waals surface area contributed by atoms with Gasteiger partial charge in [0.25, 0.3) is 0 Å². The van der Waals surface area contributed by atoms with Gasteiger partial charge in [-0.25, -0.2) is 4.98 Å². The Kier molecular flexibility index (Phi) is 5.43. The number of ether oxygens (including phenoxy) is 3. The monoisotopic (exact) mass is 401 g/mol. The lowest BCUT2D eigenvalue weighted by Crippen LogP contribution is -1.97. The van der Waals surface area contributed by atoms with Crippen LogP contribution in [0.25, 0.3) is 10.9 Å². The highest BCUT2D eigenvalue weighted by Crippen LogP contribution is 2.37. The second kappa shape index (κ2) is 8.48. The minimum atomic E-state index is 0.491. The lowest BCUT2D eigenvalue weighted by molar-refractivity contribution is 0.112. The number of aromatic nitrogens is 2. The van der Waals surface area contributed by atoms with E-state index >= 15 is 0 Å². The summed E-state index contributed by atoms with van der Waals surface area (Å²) in [5.74, 6) is 3.01. The van der Waals surface area contributed by atoms with Gasteiger partial charge in [-0.2, -0.15) is 0 Å². The van der Waals surface area contributed by atoms with Gasteiger partial charge in [0.15, 0.2) is 17.8 Å². The average molecular weight is 401 g/mol. The number of benzene rings is 2. The SMILES string of the molecule is COc1cc2nccc(Oc3ccc(Nc4ncccc4C=O)cc3)c2cc1OC. The van der Waals surface area contributed by atoms with Crippen molar-refractivity contribution in [2.75, 3.05) is 19.5 Å². The lowest BCUT2D eigenvalue weighted by Gasteiger charge is -2.13. The Morgan fingerprint density at radius 1 is 0.867 bits per heavy atom. The van der Waals surface area contributed by atoms with Crippen LogP contribution in [0.15, 0.2) is 67.0 Å². The van der Waals surface area contributed by atoms with Crippen LogP contribution in [-0.4, -0.2) is 30.5 Å². The Labute approximate surface area is 173 Å². The quantitative estimate of drug-likeness (QED) is 0.437. The summed E-state index contributed by atoms with van der Waals surface area (Å²) >= 11 is 0. The minimum absolute atomic E-state index is 0.491. The van der Waals surface area contributed by atoms with Crippen molar-refractivity contribution in [1.82, 2.24) is 9.97 Å². The van der Waals surface area contributed by atoms with Crippen LogP contribution in [0.3, 0.4) is 0 Å². The molecule has 2 aromatic carbocycles. The van der Waals surface area contributed by atoms with Gasteiger partial charge in [0, 0.05) is 29.5 Å². The zero-order valence-corrected chi connectivity index (χ0v) is 16.5. The third-order valence-electron chi connectivity index (χ3n) is 4.52. The number of carbonyl (C=O) groups excluding carboxylic acids is 1. The number of hydrogen-bond donors (Lipinski definition) is 1. The summed E-state index contributed by atoms with van der Waals surface area (Å²) in [6, 6.07) is 16.2. The molecule has 0 unspecified atom stereocenters. The second-order valence-corrected chi connectivity index (χ2v) is 6.34. The molecule has 0 aliphatic heterocycles. The lowest BCUT2D eigenvalue weighted by atomic mass is 10.2. The van der Waals surface area contributed by atoms with Crippen LogP contribution in [0.1, 0.15) is 10.4 Å². The van der Waals surface area contributed by atoms with Gasteiger partial charge in [-0.05, 0) is 48.5 Å². The number of aldehydes is 1. The third kappa shape index (κ3) is 3.86. The summed E-state index contributed by atoms with van der Waals surface area (Å²) in [4.78, 5) is 19.7. The van der Waals surface area contributed by atoms with Gasteiger partial charge in [0.1, 0.15) is 17.3 Å². The third-order valence-corrected chi connectivity index (χ3v) is 4.52. The fourth-order valence-electron chi connectivity index (χ4n) is 3.02. The van der Waals surface area contributed by atoms with Crippen LogP contribution in [0.2, 0.25) is 0 Å². The molecular weight excluding hydrogens is 382 g/mol. The van der Waals surface area contributed by atoms with Crippen LogP contribution in [0, 0.1) is 0 Å². The van der Waals surface area contributed by atoms with Gasteiger partial charge in [-0.15, -0.1) is 0 Å². The number of nitrogens with one attached hydrogen (secondary N) is 1. The molecule has 0 atom stereocenters. The first kappa shape index (κ1) is 19.2. The molecule has 7 nitrogen and oxygen atoms in total. The molecule has 0 fully saturated rings. The Hall–Kier alpha value is -4.13. The Bertz CT molecular complexity index is 1190. The molecule has 150 valence electrons. The van der Waals surface area contributed by atoms with Gasteiger partial charge in [-0.3, -0.25) is 9.78 Å². The topological polar surface area (TPSA) is 82.6 Å². The molecule has 0 amide bonds. The highest BCUT2D eigenvalue weighted by atomic mass is 16.5. The molecule has 0 aliphatic carbocycles. The molecule has 2 aromatic heterocycles. The fourth-order valence-corrected chi connectivity index (χ4v) is 3.02. The summed E-state index contributed by atoms with van der Waals surface area (Å²) in [6.45, 7) is 0. The predicted molar refractivity (Wildman–Crippen MR) is 114 cm³/mol. The second-order valence-electron chi connectivity index (χ2n) is 6.34. The number of fused-ring (bicyclic) bond motifs is 1. The molecule has 0 saturated heterocycles. The largest absolute Gasteiger partial charge is 0.493 e. The smallest absolute Gasteiger partial charge is 0.162 e. The molecule has 4 rings (SSSR count). The van der Waals surface area contributed by atoms with Crippen LogP contribution in [0.5, 0.6) is 23.0 Å². The first-order chi connectivity index (χ1) is 14.7. The maximum atomic E-state index is 11.1.